The zero-order chi connectivity index (χ0) is 14.4. The Labute approximate surface area is 113 Å². The Hall–Kier alpha value is -1.97. The molecule has 0 amide bonds. The highest BCUT2D eigenvalue weighted by molar-refractivity contribution is 5.70. The largest absolute Gasteiger partial charge is 0.388 e. The second-order valence-corrected chi connectivity index (χ2v) is 4.93. The Balaban J connectivity index is 2.09. The van der Waals surface area contributed by atoms with E-state index in [1.807, 2.05) is 6.92 Å². The van der Waals surface area contributed by atoms with E-state index < -0.39 is 17.9 Å². The lowest BCUT2D eigenvalue weighted by Gasteiger charge is -2.16. The van der Waals surface area contributed by atoms with Crippen LogP contribution in [0.5, 0.6) is 0 Å². The summed E-state index contributed by atoms with van der Waals surface area (Å²) >= 11 is 0. The van der Waals surface area contributed by atoms with Gasteiger partial charge in [-0.2, -0.15) is 4.98 Å². The second kappa shape index (κ2) is 4.54. The number of nitrogens with zero attached hydrogens (tertiary/aromatic N) is 3. The van der Waals surface area contributed by atoms with E-state index in [0.29, 0.717) is 6.54 Å². The highest BCUT2D eigenvalue weighted by Gasteiger charge is 2.41. The lowest BCUT2D eigenvalue weighted by Crippen LogP contribution is -2.28. The number of rotatable bonds is 2. The third-order valence-electron chi connectivity index (χ3n) is 3.69. The van der Waals surface area contributed by atoms with Crippen LogP contribution in [0.25, 0.3) is 11.2 Å². The predicted molar refractivity (Wildman–Crippen MR) is 70.7 cm³/mol. The molecule has 1 aliphatic rings. The van der Waals surface area contributed by atoms with Crippen LogP contribution in [0, 0.1) is 5.92 Å². The summed E-state index contributed by atoms with van der Waals surface area (Å²) in [5.74, 6) is -0.137. The first kappa shape index (κ1) is 13.0. The Morgan fingerprint density at radius 1 is 1.60 bits per heavy atom. The Bertz CT molecular complexity index is 695. The van der Waals surface area contributed by atoms with Gasteiger partial charge >= 0.3 is 0 Å². The molecule has 4 unspecified atom stereocenters. The SMILES string of the molecule is CC1C(CN)OC(n2cnc3c(=O)[nH]c(N)nc32)C1O. The lowest BCUT2D eigenvalue weighted by atomic mass is 10.0. The minimum absolute atomic E-state index is 0.0137. The van der Waals surface area contributed by atoms with E-state index in [4.69, 9.17) is 16.2 Å². The van der Waals surface area contributed by atoms with Crippen molar-refractivity contribution in [3.63, 3.8) is 0 Å². The van der Waals surface area contributed by atoms with Crippen molar-refractivity contribution in [2.45, 2.75) is 25.4 Å². The number of aliphatic hydroxyl groups excluding tert-OH is 1. The number of nitrogens with two attached hydrogens (primary N) is 2. The van der Waals surface area contributed by atoms with Crippen LogP contribution in [0.2, 0.25) is 0 Å². The zero-order valence-electron chi connectivity index (χ0n) is 10.9. The normalized spacial score (nSPS) is 30.1. The molecule has 0 aromatic carbocycles. The number of nitrogen functional groups attached to an aromatic ring is 1. The Morgan fingerprint density at radius 3 is 3.00 bits per heavy atom. The molecule has 0 spiro atoms. The number of hydrogen-bond donors (Lipinski definition) is 4. The van der Waals surface area contributed by atoms with Gasteiger partial charge in [0.2, 0.25) is 5.95 Å². The summed E-state index contributed by atoms with van der Waals surface area (Å²) in [7, 11) is 0. The first-order chi connectivity index (χ1) is 9.52. The molecular weight excluding hydrogens is 264 g/mol. The highest BCUT2D eigenvalue weighted by atomic mass is 16.5. The van der Waals surface area contributed by atoms with Crippen molar-refractivity contribution < 1.29 is 9.84 Å². The minimum Gasteiger partial charge on any atom is -0.388 e. The molecule has 9 heteroatoms. The topological polar surface area (TPSA) is 145 Å². The molecule has 2 aromatic rings. The number of fused-ring (bicyclic) bond motifs is 1. The summed E-state index contributed by atoms with van der Waals surface area (Å²) in [4.78, 5) is 22.1. The van der Waals surface area contributed by atoms with Gasteiger partial charge in [-0.25, -0.2) is 4.98 Å². The van der Waals surface area contributed by atoms with Crippen LogP contribution in [0.15, 0.2) is 11.1 Å². The number of ether oxygens (including phenoxy) is 1. The summed E-state index contributed by atoms with van der Waals surface area (Å²) in [6, 6.07) is 0. The molecule has 0 aliphatic carbocycles. The van der Waals surface area contributed by atoms with E-state index >= 15 is 0 Å². The van der Waals surface area contributed by atoms with Crippen molar-refractivity contribution in [2.24, 2.45) is 11.7 Å². The molecule has 0 radical (unpaired) electrons. The first-order valence-corrected chi connectivity index (χ1v) is 6.29. The number of anilines is 1. The molecule has 3 heterocycles. The number of aromatic amines is 1. The van der Waals surface area contributed by atoms with Crippen molar-refractivity contribution in [1.82, 2.24) is 19.5 Å². The van der Waals surface area contributed by atoms with Crippen molar-refractivity contribution in [1.29, 1.82) is 0 Å². The van der Waals surface area contributed by atoms with Crippen LogP contribution in [0.4, 0.5) is 5.95 Å². The third kappa shape index (κ3) is 1.79. The van der Waals surface area contributed by atoms with E-state index in [1.54, 1.807) is 0 Å². The number of imidazole rings is 1. The van der Waals surface area contributed by atoms with Crippen LogP contribution in [-0.2, 0) is 4.74 Å². The lowest BCUT2D eigenvalue weighted by molar-refractivity contribution is -0.0321. The fourth-order valence-corrected chi connectivity index (χ4v) is 2.49. The van der Waals surface area contributed by atoms with Crippen LogP contribution < -0.4 is 17.0 Å². The Morgan fingerprint density at radius 2 is 2.35 bits per heavy atom. The average molecular weight is 280 g/mol. The fourth-order valence-electron chi connectivity index (χ4n) is 2.49. The van der Waals surface area contributed by atoms with Gasteiger partial charge in [0.1, 0.15) is 6.10 Å². The molecule has 4 atom stereocenters. The first-order valence-electron chi connectivity index (χ1n) is 6.29. The molecule has 20 heavy (non-hydrogen) atoms. The van der Waals surface area contributed by atoms with Gasteiger partial charge in [0.05, 0.1) is 12.4 Å². The van der Waals surface area contributed by atoms with Crippen molar-refractivity contribution >= 4 is 17.1 Å². The van der Waals surface area contributed by atoms with Gasteiger partial charge in [0.15, 0.2) is 17.4 Å². The second-order valence-electron chi connectivity index (χ2n) is 4.93. The quantitative estimate of drug-likeness (QED) is 0.526. The Kier molecular flexibility index (Phi) is 2.96. The molecule has 0 saturated carbocycles. The molecule has 0 bridgehead atoms. The maximum Gasteiger partial charge on any atom is 0.280 e. The molecule has 1 fully saturated rings. The van der Waals surface area contributed by atoms with Crippen LogP contribution in [-0.4, -0.2) is 43.4 Å². The molecule has 1 aliphatic heterocycles. The van der Waals surface area contributed by atoms with E-state index in [9.17, 15) is 9.90 Å². The summed E-state index contributed by atoms with van der Waals surface area (Å²) in [5.41, 5.74) is 11.1. The zero-order valence-corrected chi connectivity index (χ0v) is 10.9. The van der Waals surface area contributed by atoms with Gasteiger partial charge in [-0.05, 0) is 0 Å². The number of nitrogens with one attached hydrogen (secondary N) is 1. The molecule has 108 valence electrons. The van der Waals surface area contributed by atoms with E-state index in [1.165, 1.54) is 10.9 Å². The van der Waals surface area contributed by atoms with Gasteiger partial charge in [-0.1, -0.05) is 6.92 Å². The number of aromatic nitrogens is 4. The van der Waals surface area contributed by atoms with Crippen LogP contribution in [0.1, 0.15) is 13.2 Å². The monoisotopic (exact) mass is 280 g/mol. The molecule has 6 N–H and O–H groups in total. The van der Waals surface area contributed by atoms with E-state index in [-0.39, 0.29) is 29.1 Å². The van der Waals surface area contributed by atoms with Gasteiger partial charge in [0, 0.05) is 12.5 Å². The summed E-state index contributed by atoms with van der Waals surface area (Å²) in [6.07, 6.45) is -0.293. The van der Waals surface area contributed by atoms with E-state index in [2.05, 4.69) is 15.0 Å². The maximum atomic E-state index is 11.7. The smallest absolute Gasteiger partial charge is 0.280 e. The van der Waals surface area contributed by atoms with Crippen LogP contribution in [0.3, 0.4) is 0 Å². The molecule has 9 nitrogen and oxygen atoms in total. The number of H-pyrrole nitrogens is 1. The maximum absolute atomic E-state index is 11.7. The van der Waals surface area contributed by atoms with Gasteiger partial charge in [-0.3, -0.25) is 14.3 Å². The summed E-state index contributed by atoms with van der Waals surface area (Å²) in [6.45, 7) is 2.16. The predicted octanol–water partition coefficient (Wildman–Crippen LogP) is -1.45. The molecule has 2 aromatic heterocycles. The fraction of sp³-hybridized carbons (Fsp3) is 0.545. The molecular formula is C11H16N6O3. The van der Waals surface area contributed by atoms with Gasteiger partial charge in [-0.15, -0.1) is 0 Å². The molecule has 3 rings (SSSR count). The third-order valence-corrected chi connectivity index (χ3v) is 3.69. The molecule has 1 saturated heterocycles. The van der Waals surface area contributed by atoms with Crippen molar-refractivity contribution in [2.75, 3.05) is 12.3 Å². The van der Waals surface area contributed by atoms with Crippen molar-refractivity contribution in [3.8, 4) is 0 Å². The van der Waals surface area contributed by atoms with Crippen LogP contribution >= 0.6 is 0 Å². The standard InChI is InChI=1S/C11H16N6O3/c1-4-5(2-12)20-10(7(4)18)17-3-14-6-8(17)15-11(13)16-9(6)19/h3-5,7,10,18H,2,12H2,1H3,(H3,13,15,16,19). The van der Waals surface area contributed by atoms with E-state index in [0.717, 1.165) is 0 Å². The van der Waals surface area contributed by atoms with Gasteiger partial charge in [0.25, 0.3) is 5.56 Å². The number of hydrogen-bond acceptors (Lipinski definition) is 7. The number of aliphatic hydroxyl groups is 1. The minimum atomic E-state index is -0.761. The average Bonchev–Trinajstić information content (AvgIpc) is 2.93. The highest BCUT2D eigenvalue weighted by Crippen LogP contribution is 2.34. The summed E-state index contributed by atoms with van der Waals surface area (Å²) < 4.78 is 7.23. The van der Waals surface area contributed by atoms with Crippen molar-refractivity contribution in [3.05, 3.63) is 16.7 Å². The summed E-state index contributed by atoms with van der Waals surface area (Å²) in [5, 5.41) is 10.3. The van der Waals surface area contributed by atoms with Gasteiger partial charge < -0.3 is 21.3 Å².